The van der Waals surface area contributed by atoms with Crippen LogP contribution in [0.3, 0.4) is 0 Å². The van der Waals surface area contributed by atoms with E-state index in [9.17, 15) is 9.59 Å². The summed E-state index contributed by atoms with van der Waals surface area (Å²) in [6, 6.07) is 7.42. The fourth-order valence-corrected chi connectivity index (χ4v) is 3.72. The number of nitrogens with zero attached hydrogens (tertiary/aromatic N) is 4. The van der Waals surface area contributed by atoms with E-state index in [2.05, 4.69) is 15.1 Å². The highest BCUT2D eigenvalue weighted by atomic mass is 16.5. The van der Waals surface area contributed by atoms with Gasteiger partial charge in [-0.1, -0.05) is 19.0 Å². The van der Waals surface area contributed by atoms with Crippen LogP contribution in [0.25, 0.3) is 22.6 Å². The van der Waals surface area contributed by atoms with Gasteiger partial charge in [-0.3, -0.25) is 13.9 Å². The maximum atomic E-state index is 12.9. The van der Waals surface area contributed by atoms with Crippen LogP contribution >= 0.6 is 0 Å². The molecule has 3 aromatic heterocycles. The molecule has 0 atom stereocenters. The number of imidazole rings is 1. The van der Waals surface area contributed by atoms with Crippen LogP contribution in [0.5, 0.6) is 5.75 Å². The minimum absolute atomic E-state index is 0.313. The third-order valence-corrected chi connectivity index (χ3v) is 5.45. The Balaban J connectivity index is 1.66. The van der Waals surface area contributed by atoms with Crippen LogP contribution < -0.4 is 16.0 Å². The summed E-state index contributed by atoms with van der Waals surface area (Å²) in [7, 11) is 0. The van der Waals surface area contributed by atoms with Crippen molar-refractivity contribution < 1.29 is 9.26 Å². The summed E-state index contributed by atoms with van der Waals surface area (Å²) in [5, 5.41) is 3.94. The average Bonchev–Trinajstić information content (AvgIpc) is 3.37. The lowest BCUT2D eigenvalue weighted by Gasteiger charge is -2.09. The number of ether oxygens (including phenoxy) is 1. The van der Waals surface area contributed by atoms with Gasteiger partial charge in [0.2, 0.25) is 0 Å². The van der Waals surface area contributed by atoms with Gasteiger partial charge in [0.05, 0.1) is 11.3 Å². The summed E-state index contributed by atoms with van der Waals surface area (Å²) in [6.07, 6.45) is 1.46. The zero-order valence-electron chi connectivity index (χ0n) is 18.8. The van der Waals surface area contributed by atoms with E-state index in [0.717, 1.165) is 29.0 Å². The van der Waals surface area contributed by atoms with E-state index in [4.69, 9.17) is 9.26 Å². The summed E-state index contributed by atoms with van der Waals surface area (Å²) in [5.74, 6) is 1.97. The van der Waals surface area contributed by atoms with Crippen LogP contribution in [0, 0.1) is 13.8 Å². The first-order chi connectivity index (χ1) is 15.4. The maximum absolute atomic E-state index is 12.9. The van der Waals surface area contributed by atoms with Gasteiger partial charge in [0.25, 0.3) is 5.56 Å². The number of fused-ring (bicyclic) bond motifs is 1. The molecule has 9 nitrogen and oxygen atoms in total. The van der Waals surface area contributed by atoms with Gasteiger partial charge in [0.15, 0.2) is 5.65 Å². The number of hydrogen-bond acceptors (Lipinski definition) is 6. The van der Waals surface area contributed by atoms with Gasteiger partial charge >= 0.3 is 5.69 Å². The topological polar surface area (TPSA) is 108 Å². The summed E-state index contributed by atoms with van der Waals surface area (Å²) >= 11 is 0. The summed E-state index contributed by atoms with van der Waals surface area (Å²) in [4.78, 5) is 33.5. The van der Waals surface area contributed by atoms with Crippen molar-refractivity contribution in [1.82, 2.24) is 24.3 Å². The molecule has 0 aliphatic heterocycles. The Bertz CT molecular complexity index is 1340. The molecule has 4 rings (SSSR count). The predicted octanol–water partition coefficient (Wildman–Crippen LogP) is 3.56. The molecular formula is C23H27N5O4. The van der Waals surface area contributed by atoms with E-state index in [1.807, 2.05) is 52.0 Å². The van der Waals surface area contributed by atoms with Crippen molar-refractivity contribution in [2.45, 2.75) is 60.2 Å². The molecule has 1 N–H and O–H groups in total. The highest BCUT2D eigenvalue weighted by molar-refractivity contribution is 5.75. The van der Waals surface area contributed by atoms with Gasteiger partial charge in [0, 0.05) is 18.7 Å². The fraction of sp³-hybridized carbons (Fsp3) is 0.391. The van der Waals surface area contributed by atoms with E-state index in [-0.39, 0.29) is 11.2 Å². The SMILES string of the molecule is CCCn1c(=O)c2[nH]c(-c3ccc(OCc4c(C)noc4C)cc3)nc2n(CCC)c1=O. The smallest absolute Gasteiger partial charge is 0.332 e. The van der Waals surface area contributed by atoms with Crippen molar-refractivity contribution in [2.75, 3.05) is 0 Å². The lowest BCUT2D eigenvalue weighted by Crippen LogP contribution is -2.40. The minimum Gasteiger partial charge on any atom is -0.489 e. The molecule has 0 amide bonds. The summed E-state index contributed by atoms with van der Waals surface area (Å²) < 4.78 is 13.9. The quantitative estimate of drug-likeness (QED) is 0.452. The van der Waals surface area contributed by atoms with Crippen LogP contribution in [0.4, 0.5) is 0 Å². The van der Waals surface area contributed by atoms with Crippen molar-refractivity contribution in [3.63, 3.8) is 0 Å². The van der Waals surface area contributed by atoms with Crippen molar-refractivity contribution in [3.8, 4) is 17.1 Å². The molecule has 0 aliphatic carbocycles. The lowest BCUT2D eigenvalue weighted by molar-refractivity contribution is 0.302. The monoisotopic (exact) mass is 437 g/mol. The zero-order chi connectivity index (χ0) is 22.8. The molecular weight excluding hydrogens is 410 g/mol. The molecule has 0 unspecified atom stereocenters. The predicted molar refractivity (Wildman–Crippen MR) is 121 cm³/mol. The Labute approximate surface area is 184 Å². The minimum atomic E-state index is -0.336. The highest BCUT2D eigenvalue weighted by Crippen LogP contribution is 2.23. The van der Waals surface area contributed by atoms with Crippen molar-refractivity contribution in [2.24, 2.45) is 0 Å². The molecule has 0 saturated heterocycles. The lowest BCUT2D eigenvalue weighted by atomic mass is 10.2. The first-order valence-electron chi connectivity index (χ1n) is 10.8. The van der Waals surface area contributed by atoms with E-state index >= 15 is 0 Å². The Morgan fingerprint density at radius 2 is 1.72 bits per heavy atom. The van der Waals surface area contributed by atoms with Crippen LogP contribution in [0.1, 0.15) is 43.7 Å². The molecule has 9 heteroatoms. The Morgan fingerprint density at radius 3 is 2.34 bits per heavy atom. The molecule has 0 saturated carbocycles. The number of rotatable bonds is 8. The molecule has 0 spiro atoms. The second-order valence-electron chi connectivity index (χ2n) is 7.79. The van der Waals surface area contributed by atoms with Gasteiger partial charge in [0.1, 0.15) is 29.5 Å². The standard InChI is InChI=1S/C23H27N5O4/c1-5-11-27-21-19(22(29)28(12-6-2)23(27)30)24-20(25-21)16-7-9-17(10-8-16)31-13-18-14(3)26-32-15(18)4/h7-10H,5-6,11-13H2,1-4H3,(H,24,25). The maximum Gasteiger partial charge on any atom is 0.332 e. The number of aromatic amines is 1. The molecule has 32 heavy (non-hydrogen) atoms. The van der Waals surface area contributed by atoms with E-state index in [0.29, 0.717) is 48.9 Å². The summed E-state index contributed by atoms with van der Waals surface area (Å²) in [5.41, 5.74) is 2.63. The third kappa shape index (κ3) is 3.86. The number of aryl methyl sites for hydroxylation is 3. The number of hydrogen-bond donors (Lipinski definition) is 1. The normalized spacial score (nSPS) is 11.4. The van der Waals surface area contributed by atoms with Crippen LogP contribution in [-0.2, 0) is 19.7 Å². The zero-order valence-corrected chi connectivity index (χ0v) is 18.8. The van der Waals surface area contributed by atoms with Crippen LogP contribution in [-0.4, -0.2) is 24.3 Å². The van der Waals surface area contributed by atoms with Gasteiger partial charge in [-0.05, 0) is 51.0 Å². The largest absolute Gasteiger partial charge is 0.489 e. The first kappa shape index (κ1) is 21.6. The van der Waals surface area contributed by atoms with E-state index < -0.39 is 0 Å². The molecule has 0 bridgehead atoms. The van der Waals surface area contributed by atoms with Crippen LogP contribution in [0.15, 0.2) is 38.4 Å². The number of H-pyrrole nitrogens is 1. The average molecular weight is 438 g/mol. The third-order valence-electron chi connectivity index (χ3n) is 5.45. The van der Waals surface area contributed by atoms with Gasteiger partial charge < -0.3 is 14.2 Å². The number of benzene rings is 1. The summed E-state index contributed by atoms with van der Waals surface area (Å²) in [6.45, 7) is 8.91. The molecule has 0 aliphatic rings. The fourth-order valence-electron chi connectivity index (χ4n) is 3.72. The van der Waals surface area contributed by atoms with Gasteiger partial charge in [-0.2, -0.15) is 0 Å². The molecule has 3 heterocycles. The Kier molecular flexibility index (Phi) is 5.98. The second-order valence-corrected chi connectivity index (χ2v) is 7.79. The van der Waals surface area contributed by atoms with Crippen LogP contribution in [0.2, 0.25) is 0 Å². The van der Waals surface area contributed by atoms with Crippen molar-refractivity contribution in [1.29, 1.82) is 0 Å². The number of nitrogens with one attached hydrogen (secondary N) is 1. The first-order valence-corrected chi connectivity index (χ1v) is 10.8. The van der Waals surface area contributed by atoms with Gasteiger partial charge in [-0.25, -0.2) is 9.78 Å². The second kappa shape index (κ2) is 8.86. The molecule has 1 aromatic carbocycles. The molecule has 168 valence electrons. The van der Waals surface area contributed by atoms with Crippen molar-refractivity contribution >= 4 is 11.2 Å². The van der Waals surface area contributed by atoms with E-state index in [1.165, 1.54) is 4.57 Å². The Hall–Kier alpha value is -3.62. The van der Waals surface area contributed by atoms with E-state index in [1.54, 1.807) is 4.57 Å². The Morgan fingerprint density at radius 1 is 1.03 bits per heavy atom. The molecule has 0 fully saturated rings. The number of aromatic nitrogens is 5. The van der Waals surface area contributed by atoms with Crippen molar-refractivity contribution in [3.05, 3.63) is 62.1 Å². The highest BCUT2D eigenvalue weighted by Gasteiger charge is 2.17. The molecule has 4 aromatic rings. The van der Waals surface area contributed by atoms with Gasteiger partial charge in [-0.15, -0.1) is 0 Å². The molecule has 0 radical (unpaired) electrons.